The first-order chi connectivity index (χ1) is 4.93. The molecule has 0 aromatic rings. The molecular formula is C7H9O2S. The summed E-state index contributed by atoms with van der Waals surface area (Å²) < 4.78 is 10.1. The number of hydrogen-bond acceptors (Lipinski definition) is 3. The third-order valence-corrected chi connectivity index (χ3v) is 1.99. The second-order valence-electron chi connectivity index (χ2n) is 1.91. The van der Waals surface area contributed by atoms with Gasteiger partial charge in [0.1, 0.15) is 12.5 Å². The van der Waals surface area contributed by atoms with Gasteiger partial charge in [0.05, 0.1) is 18.5 Å². The molecule has 1 heterocycles. The number of terminal acetylenes is 1. The lowest BCUT2D eigenvalue weighted by Gasteiger charge is -2.03. The molecule has 1 aliphatic heterocycles. The smallest absolute Gasteiger partial charge is 0.139 e. The summed E-state index contributed by atoms with van der Waals surface area (Å²) in [7, 11) is 0. The van der Waals surface area contributed by atoms with E-state index in [0.29, 0.717) is 18.5 Å². The van der Waals surface area contributed by atoms with E-state index in [1.54, 1.807) is 17.7 Å². The van der Waals surface area contributed by atoms with Gasteiger partial charge in [-0.25, -0.2) is 0 Å². The summed E-state index contributed by atoms with van der Waals surface area (Å²) in [5.74, 6) is 4.15. The van der Waals surface area contributed by atoms with Crippen molar-refractivity contribution in [3.05, 3.63) is 5.94 Å². The van der Waals surface area contributed by atoms with Crippen LogP contribution in [0.4, 0.5) is 0 Å². The van der Waals surface area contributed by atoms with E-state index in [1.807, 2.05) is 0 Å². The summed E-state index contributed by atoms with van der Waals surface area (Å²) in [6.07, 6.45) is 4.99. The summed E-state index contributed by atoms with van der Waals surface area (Å²) in [4.78, 5) is 0. The van der Waals surface area contributed by atoms with Crippen LogP contribution < -0.4 is 0 Å². The van der Waals surface area contributed by atoms with Crippen molar-refractivity contribution in [3.8, 4) is 12.3 Å². The van der Waals surface area contributed by atoms with Crippen LogP contribution in [0.3, 0.4) is 0 Å². The second-order valence-corrected chi connectivity index (χ2v) is 3.04. The zero-order valence-corrected chi connectivity index (χ0v) is 6.39. The molecule has 0 amide bonds. The van der Waals surface area contributed by atoms with E-state index in [-0.39, 0.29) is 0 Å². The molecule has 0 bridgehead atoms. The van der Waals surface area contributed by atoms with E-state index >= 15 is 0 Å². The summed E-state index contributed by atoms with van der Waals surface area (Å²) in [6.45, 7) is 1.83. The van der Waals surface area contributed by atoms with E-state index in [1.165, 1.54) is 0 Å². The average molecular weight is 157 g/mol. The molecule has 0 spiro atoms. The molecule has 1 unspecified atom stereocenters. The predicted molar refractivity (Wildman–Crippen MR) is 41.3 cm³/mol. The van der Waals surface area contributed by atoms with Crippen LogP contribution in [0.5, 0.6) is 0 Å². The molecule has 0 saturated carbocycles. The third-order valence-electron chi connectivity index (χ3n) is 1.09. The Morgan fingerprint density at radius 3 is 3.40 bits per heavy atom. The Balaban J connectivity index is 1.97. The Bertz CT molecular complexity index is 124. The highest BCUT2D eigenvalue weighted by Gasteiger charge is 2.16. The first-order valence-electron chi connectivity index (χ1n) is 3.03. The second kappa shape index (κ2) is 4.62. The van der Waals surface area contributed by atoms with Crippen molar-refractivity contribution in [1.82, 2.24) is 0 Å². The van der Waals surface area contributed by atoms with Gasteiger partial charge in [-0.05, 0) is 0 Å². The molecular weight excluding hydrogens is 148 g/mol. The van der Waals surface area contributed by atoms with Crippen LogP contribution in [-0.2, 0) is 9.47 Å². The summed E-state index contributed by atoms with van der Waals surface area (Å²) in [5.41, 5.74) is 0. The minimum atomic E-state index is 0.400. The van der Waals surface area contributed by atoms with E-state index in [2.05, 4.69) is 5.92 Å². The van der Waals surface area contributed by atoms with Gasteiger partial charge in [-0.15, -0.1) is 18.2 Å². The van der Waals surface area contributed by atoms with Crippen LogP contribution in [0, 0.1) is 18.3 Å². The normalized spacial score (nSPS) is 24.5. The van der Waals surface area contributed by atoms with Gasteiger partial charge in [0.2, 0.25) is 0 Å². The molecule has 1 radical (unpaired) electrons. The van der Waals surface area contributed by atoms with Crippen LogP contribution >= 0.6 is 11.8 Å². The summed E-state index contributed by atoms with van der Waals surface area (Å²) in [6, 6.07) is 0. The molecule has 1 rings (SSSR count). The SMILES string of the molecule is C#CCOCC1CO[CH]S1. The quantitative estimate of drug-likeness (QED) is 0.447. The van der Waals surface area contributed by atoms with Gasteiger partial charge in [-0.2, -0.15) is 0 Å². The lowest BCUT2D eigenvalue weighted by Crippen LogP contribution is -2.12. The molecule has 1 aliphatic rings. The van der Waals surface area contributed by atoms with Crippen LogP contribution in [0.25, 0.3) is 0 Å². The zero-order valence-electron chi connectivity index (χ0n) is 5.58. The van der Waals surface area contributed by atoms with Crippen molar-refractivity contribution in [2.75, 3.05) is 19.8 Å². The van der Waals surface area contributed by atoms with Crippen molar-refractivity contribution in [1.29, 1.82) is 0 Å². The van der Waals surface area contributed by atoms with E-state index in [9.17, 15) is 0 Å². The molecule has 1 fully saturated rings. The van der Waals surface area contributed by atoms with E-state index in [4.69, 9.17) is 15.9 Å². The number of ether oxygens (including phenoxy) is 2. The first-order valence-corrected chi connectivity index (χ1v) is 3.97. The Morgan fingerprint density at radius 2 is 2.80 bits per heavy atom. The van der Waals surface area contributed by atoms with E-state index < -0.39 is 0 Å². The van der Waals surface area contributed by atoms with Gasteiger partial charge in [-0.3, -0.25) is 0 Å². The van der Waals surface area contributed by atoms with Gasteiger partial charge in [0.15, 0.2) is 0 Å². The summed E-state index contributed by atoms with van der Waals surface area (Å²) in [5, 5.41) is 0.438. The summed E-state index contributed by atoms with van der Waals surface area (Å²) >= 11 is 1.65. The molecule has 0 aromatic carbocycles. The Labute approximate surface area is 65.3 Å². The number of rotatable bonds is 3. The highest BCUT2D eigenvalue weighted by molar-refractivity contribution is 8.01. The maximum Gasteiger partial charge on any atom is 0.139 e. The fourth-order valence-electron chi connectivity index (χ4n) is 0.640. The Hall–Kier alpha value is -0.170. The molecule has 1 atom stereocenters. The highest BCUT2D eigenvalue weighted by Crippen LogP contribution is 2.23. The fourth-order valence-corrected chi connectivity index (χ4v) is 1.29. The van der Waals surface area contributed by atoms with Gasteiger partial charge in [0, 0.05) is 0 Å². The lowest BCUT2D eigenvalue weighted by atomic mass is 10.5. The third kappa shape index (κ3) is 2.61. The van der Waals surface area contributed by atoms with Crippen molar-refractivity contribution < 1.29 is 9.47 Å². The molecule has 0 N–H and O–H groups in total. The largest absolute Gasteiger partial charge is 0.368 e. The van der Waals surface area contributed by atoms with Crippen LogP contribution in [0.15, 0.2) is 0 Å². The Morgan fingerprint density at radius 1 is 1.90 bits per heavy atom. The van der Waals surface area contributed by atoms with Crippen LogP contribution in [0.1, 0.15) is 0 Å². The fraction of sp³-hybridized carbons (Fsp3) is 0.571. The highest BCUT2D eigenvalue weighted by atomic mass is 32.2. The molecule has 55 valence electrons. The minimum Gasteiger partial charge on any atom is -0.368 e. The maximum atomic E-state index is 5.11. The average Bonchev–Trinajstić information content (AvgIpc) is 2.41. The number of hydrogen-bond donors (Lipinski definition) is 0. The Kier molecular flexibility index (Phi) is 3.66. The molecule has 1 saturated heterocycles. The molecule has 2 nitrogen and oxygen atoms in total. The predicted octanol–water partition coefficient (Wildman–Crippen LogP) is 0.887. The van der Waals surface area contributed by atoms with E-state index in [0.717, 1.165) is 6.61 Å². The topological polar surface area (TPSA) is 18.5 Å². The number of thioether (sulfide) groups is 1. The lowest BCUT2D eigenvalue weighted by molar-refractivity contribution is 0.146. The van der Waals surface area contributed by atoms with Gasteiger partial charge in [-0.1, -0.05) is 5.92 Å². The minimum absolute atomic E-state index is 0.400. The van der Waals surface area contributed by atoms with Crippen LogP contribution in [0.2, 0.25) is 0 Å². The standard InChI is InChI=1S/C7H9O2S/c1-2-3-8-4-7-5-9-6-10-7/h1,6-7H,3-5H2. The molecule has 0 aliphatic carbocycles. The zero-order chi connectivity index (χ0) is 7.23. The van der Waals surface area contributed by atoms with Crippen molar-refractivity contribution in [2.24, 2.45) is 0 Å². The van der Waals surface area contributed by atoms with Gasteiger partial charge in [0.25, 0.3) is 0 Å². The van der Waals surface area contributed by atoms with Gasteiger partial charge < -0.3 is 9.47 Å². The van der Waals surface area contributed by atoms with Crippen molar-refractivity contribution in [2.45, 2.75) is 5.25 Å². The van der Waals surface area contributed by atoms with Crippen LogP contribution in [-0.4, -0.2) is 25.1 Å². The van der Waals surface area contributed by atoms with Crippen molar-refractivity contribution >= 4 is 11.8 Å². The first kappa shape index (κ1) is 7.93. The molecule has 0 aromatic heterocycles. The molecule has 10 heavy (non-hydrogen) atoms. The monoisotopic (exact) mass is 157 g/mol. The maximum absolute atomic E-state index is 5.11. The van der Waals surface area contributed by atoms with Gasteiger partial charge >= 0.3 is 0 Å². The van der Waals surface area contributed by atoms with Crippen molar-refractivity contribution in [3.63, 3.8) is 0 Å². The molecule has 3 heteroatoms.